The van der Waals surface area contributed by atoms with Crippen molar-refractivity contribution >= 4 is 47.5 Å². The lowest BCUT2D eigenvalue weighted by atomic mass is 10.0. The molecule has 7 rings (SSSR count). The summed E-state index contributed by atoms with van der Waals surface area (Å²) in [6.07, 6.45) is 0.833. The maximum atomic E-state index is 13.7. The number of thioether (sulfide) groups is 1. The van der Waals surface area contributed by atoms with E-state index in [-0.39, 0.29) is 48.4 Å². The summed E-state index contributed by atoms with van der Waals surface area (Å²) in [5, 5.41) is 37.6. The van der Waals surface area contributed by atoms with Crippen LogP contribution in [0.2, 0.25) is 0 Å². The first-order chi connectivity index (χ1) is 27.0. The number of amides is 5. The van der Waals surface area contributed by atoms with Crippen molar-refractivity contribution < 1.29 is 34.2 Å². The molecule has 17 nitrogen and oxygen atoms in total. The van der Waals surface area contributed by atoms with Gasteiger partial charge in [0.25, 0.3) is 5.91 Å². The van der Waals surface area contributed by atoms with Gasteiger partial charge in [-0.05, 0) is 35.4 Å². The Morgan fingerprint density at radius 3 is 2.32 bits per heavy atom. The fourth-order valence-corrected chi connectivity index (χ4v) is 9.25. The van der Waals surface area contributed by atoms with Crippen molar-refractivity contribution in [1.82, 2.24) is 45.9 Å². The van der Waals surface area contributed by atoms with E-state index < -0.39 is 42.1 Å². The normalized spacial score (nSPS) is 24.4. The van der Waals surface area contributed by atoms with E-state index >= 15 is 0 Å². The van der Waals surface area contributed by atoms with Crippen LogP contribution in [0.15, 0.2) is 66.0 Å². The topological polar surface area (TPSA) is 222 Å². The van der Waals surface area contributed by atoms with Crippen LogP contribution in [-0.4, -0.2) is 116 Å². The highest BCUT2D eigenvalue weighted by molar-refractivity contribution is 7.99. The van der Waals surface area contributed by atoms with Crippen molar-refractivity contribution in [2.45, 2.75) is 80.0 Å². The highest BCUT2D eigenvalue weighted by Crippen LogP contribution is 2.43. The number of rotatable bonds is 11. The highest BCUT2D eigenvalue weighted by atomic mass is 32.2. The van der Waals surface area contributed by atoms with E-state index in [4.69, 9.17) is 0 Å². The summed E-state index contributed by atoms with van der Waals surface area (Å²) in [5.74, 6) is -0.898. The number of carboxylic acid groups (broad SMARTS) is 2. The molecule has 0 saturated carbocycles. The summed E-state index contributed by atoms with van der Waals surface area (Å²) in [4.78, 5) is 71.5. The van der Waals surface area contributed by atoms with Gasteiger partial charge in [-0.3, -0.25) is 25.0 Å². The van der Waals surface area contributed by atoms with Gasteiger partial charge in [0.1, 0.15) is 18.1 Å². The molecule has 0 spiro atoms. The zero-order valence-electron chi connectivity index (χ0n) is 31.2. The number of imidazole rings is 1. The molecule has 18 heteroatoms. The van der Waals surface area contributed by atoms with Crippen LogP contribution in [0.3, 0.4) is 0 Å². The Bertz CT molecular complexity index is 1910. The van der Waals surface area contributed by atoms with Crippen LogP contribution in [-0.2, 0) is 20.9 Å². The Morgan fingerprint density at radius 1 is 0.893 bits per heavy atom. The molecule has 3 saturated heterocycles. The Kier molecular flexibility index (Phi) is 11.8. The summed E-state index contributed by atoms with van der Waals surface area (Å²) in [6.45, 7) is 6.54. The minimum absolute atomic E-state index is 0.0470. The van der Waals surface area contributed by atoms with E-state index in [9.17, 15) is 34.2 Å². The van der Waals surface area contributed by atoms with Crippen LogP contribution < -0.4 is 31.9 Å². The van der Waals surface area contributed by atoms with E-state index in [2.05, 4.69) is 61.2 Å². The summed E-state index contributed by atoms with van der Waals surface area (Å²) in [7, 11) is 0. The molecule has 7 atom stereocenters. The summed E-state index contributed by atoms with van der Waals surface area (Å²) in [6, 6.07) is 14.2. The summed E-state index contributed by atoms with van der Waals surface area (Å²) < 4.78 is 2.00. The van der Waals surface area contributed by atoms with E-state index in [0.717, 1.165) is 29.1 Å². The molecule has 4 aliphatic rings. The van der Waals surface area contributed by atoms with Crippen molar-refractivity contribution in [2.75, 3.05) is 38.0 Å². The molecule has 298 valence electrons. The van der Waals surface area contributed by atoms with E-state index in [1.807, 2.05) is 23.3 Å². The predicted molar refractivity (Wildman–Crippen MR) is 207 cm³/mol. The lowest BCUT2D eigenvalue weighted by Gasteiger charge is -2.37. The van der Waals surface area contributed by atoms with Crippen LogP contribution >= 0.6 is 11.8 Å². The molecule has 4 aliphatic heterocycles. The molecule has 0 radical (unpaired) electrons. The molecule has 4 unspecified atom stereocenters. The lowest BCUT2D eigenvalue weighted by molar-refractivity contribution is -0.141. The van der Waals surface area contributed by atoms with Crippen LogP contribution in [0.25, 0.3) is 0 Å². The Balaban J connectivity index is 0.937. The second-order valence-corrected chi connectivity index (χ2v) is 16.1. The number of anilines is 1. The minimum atomic E-state index is -1.34. The molecule has 5 heterocycles. The van der Waals surface area contributed by atoms with Gasteiger partial charge in [-0.15, -0.1) is 0 Å². The van der Waals surface area contributed by atoms with Crippen molar-refractivity contribution in [1.29, 1.82) is 0 Å². The number of carbonyl (C=O) groups excluding carboxylic acids is 3. The third-order valence-corrected chi connectivity index (χ3v) is 12.1. The number of nitrogens with zero attached hydrogens (tertiary/aromatic N) is 4. The molecule has 2 aromatic carbocycles. The molecular formula is C38H48N10O7S. The first kappa shape index (κ1) is 39.1. The third-order valence-electron chi connectivity index (χ3n) is 10.9. The van der Waals surface area contributed by atoms with Crippen LogP contribution in [0.5, 0.6) is 0 Å². The molecule has 0 aliphatic carbocycles. The molecule has 0 bridgehead atoms. The van der Waals surface area contributed by atoms with Crippen molar-refractivity contribution in [3.05, 3.63) is 77.5 Å². The smallest absolute Gasteiger partial charge is 0.405 e. The SMILES string of the molecule is CC(C)[C@H](NC(=O)O)C(=O)N1CCCC1[C@H]1NCC(c2ccc(C3Cn4cc(NC(=O)C5CNCCN5C(=O)[C@H](NC(=O)O)c5ccccc5)nc4S3)cc2)N1. The quantitative estimate of drug-likeness (QED) is 0.140. The average Bonchev–Trinajstić information content (AvgIpc) is 4.00. The molecular weight excluding hydrogens is 741 g/mol. The van der Waals surface area contributed by atoms with Gasteiger partial charge >= 0.3 is 12.2 Å². The highest BCUT2D eigenvalue weighted by Gasteiger charge is 2.42. The lowest BCUT2D eigenvalue weighted by Crippen LogP contribution is -2.60. The van der Waals surface area contributed by atoms with E-state index in [0.29, 0.717) is 37.6 Å². The third kappa shape index (κ3) is 8.47. The number of carbonyl (C=O) groups is 5. The van der Waals surface area contributed by atoms with E-state index in [1.54, 1.807) is 48.3 Å². The fourth-order valence-electron chi connectivity index (χ4n) is 8.06. The molecule has 56 heavy (non-hydrogen) atoms. The first-order valence-corrected chi connectivity index (χ1v) is 19.8. The van der Waals surface area contributed by atoms with Crippen LogP contribution in [0.4, 0.5) is 15.4 Å². The van der Waals surface area contributed by atoms with Crippen LogP contribution in [0, 0.1) is 5.92 Å². The first-order valence-electron chi connectivity index (χ1n) is 19.0. The molecule has 8 N–H and O–H groups in total. The predicted octanol–water partition coefficient (Wildman–Crippen LogP) is 2.32. The molecule has 3 fully saturated rings. The zero-order chi connectivity index (χ0) is 39.5. The van der Waals surface area contributed by atoms with Gasteiger partial charge in [0, 0.05) is 51.5 Å². The Labute approximate surface area is 328 Å². The van der Waals surface area contributed by atoms with Gasteiger partial charge in [-0.2, -0.15) is 0 Å². The summed E-state index contributed by atoms with van der Waals surface area (Å²) in [5.41, 5.74) is 2.75. The monoisotopic (exact) mass is 788 g/mol. The Morgan fingerprint density at radius 2 is 1.62 bits per heavy atom. The van der Waals surface area contributed by atoms with E-state index in [1.165, 1.54) is 4.90 Å². The van der Waals surface area contributed by atoms with Gasteiger partial charge in [-0.25, -0.2) is 14.6 Å². The number of fused-ring (bicyclic) bond motifs is 1. The molecule has 3 aromatic rings. The minimum Gasteiger partial charge on any atom is -0.465 e. The van der Waals surface area contributed by atoms with Crippen molar-refractivity contribution in [3.63, 3.8) is 0 Å². The summed E-state index contributed by atoms with van der Waals surface area (Å²) >= 11 is 1.60. The number of aromatic nitrogens is 2. The van der Waals surface area contributed by atoms with Gasteiger partial charge in [0.05, 0.1) is 17.5 Å². The maximum absolute atomic E-state index is 13.7. The second-order valence-electron chi connectivity index (χ2n) is 14.9. The molecule has 1 aromatic heterocycles. The van der Waals surface area contributed by atoms with Gasteiger partial charge in [0.2, 0.25) is 11.8 Å². The largest absolute Gasteiger partial charge is 0.465 e. The average molecular weight is 789 g/mol. The molecule has 5 amide bonds. The van der Waals surface area contributed by atoms with Gasteiger partial charge in [-0.1, -0.05) is 80.2 Å². The second kappa shape index (κ2) is 16.9. The van der Waals surface area contributed by atoms with Crippen LogP contribution in [0.1, 0.15) is 60.7 Å². The number of benzene rings is 2. The number of nitrogens with one attached hydrogen (secondary N) is 6. The number of hydrogen-bond acceptors (Lipinski definition) is 10. The van der Waals surface area contributed by atoms with Gasteiger partial charge < -0.3 is 45.8 Å². The zero-order valence-corrected chi connectivity index (χ0v) is 32.0. The Hall–Kier alpha value is -5.17. The number of likely N-dealkylation sites (tertiary alicyclic amines) is 1. The van der Waals surface area contributed by atoms with Crippen molar-refractivity contribution in [2.24, 2.45) is 5.92 Å². The van der Waals surface area contributed by atoms with Crippen molar-refractivity contribution in [3.8, 4) is 0 Å². The number of hydrogen-bond donors (Lipinski definition) is 8. The standard InChI is InChI=1S/C38H48N10O7S/c1-21(2)30(44-37(52)53)34(50)47-15-6-9-26(47)32-40-17-25(41-32)22-10-12-23(13-11-22)28-19-46-20-29(43-36(46)56-28)42-33(49)27-18-39-14-16-48(27)35(51)31(45-38(54)55)24-7-4-3-5-8-24/h3-5,7-8,10-13,20-21,25-28,30-32,39-41,44-45H,6,9,14-19H2,1-2H3,(H,42,49)(H,52,53)(H,54,55)/t25?,26?,27?,28?,30-,31+,32-/m0/s1. The van der Waals surface area contributed by atoms with Gasteiger partial charge in [0.15, 0.2) is 11.0 Å². The number of piperazine rings is 1. The maximum Gasteiger partial charge on any atom is 0.405 e. The fraction of sp³-hybridized carbons (Fsp3) is 0.474.